The number of carbonyl (C=O) groups excluding carboxylic acids is 1. The number of carbonyl (C=O) groups is 1. The number of furan rings is 2. The van der Waals surface area contributed by atoms with Gasteiger partial charge < -0.3 is 18.5 Å². The molecule has 1 aromatic carbocycles. The number of amides is 1. The topological polar surface area (TPSA) is 55.8 Å². The van der Waals surface area contributed by atoms with Crippen molar-refractivity contribution in [3.63, 3.8) is 0 Å². The minimum Gasteiger partial charge on any atom is -0.486 e. The van der Waals surface area contributed by atoms with Gasteiger partial charge in [0, 0.05) is 10.5 Å². The van der Waals surface area contributed by atoms with Crippen LogP contribution in [0, 0.1) is 0 Å². The molecule has 0 atom stereocenters. The van der Waals surface area contributed by atoms with Crippen LogP contribution in [0.1, 0.15) is 34.9 Å². The summed E-state index contributed by atoms with van der Waals surface area (Å²) in [6, 6.07) is 15.0. The van der Waals surface area contributed by atoms with E-state index in [2.05, 4.69) is 15.9 Å². The van der Waals surface area contributed by atoms with Gasteiger partial charge in [-0.05, 0) is 55.3 Å². The maximum absolute atomic E-state index is 12.8. The number of rotatable bonds is 7. The van der Waals surface area contributed by atoms with Gasteiger partial charge in [-0.3, -0.25) is 4.79 Å². The van der Waals surface area contributed by atoms with E-state index in [0.717, 1.165) is 28.8 Å². The van der Waals surface area contributed by atoms with Crippen molar-refractivity contribution < 1.29 is 18.4 Å². The fourth-order valence-electron chi connectivity index (χ4n) is 2.75. The van der Waals surface area contributed by atoms with Gasteiger partial charge in [0.05, 0.1) is 12.8 Å². The van der Waals surface area contributed by atoms with E-state index in [-0.39, 0.29) is 18.6 Å². The Bertz CT molecular complexity index is 883. The minimum absolute atomic E-state index is 0.113. The van der Waals surface area contributed by atoms with Crippen molar-refractivity contribution in [3.8, 4) is 5.75 Å². The third kappa shape index (κ3) is 4.02. The normalized spacial score (nSPS) is 13.6. The molecule has 1 fully saturated rings. The van der Waals surface area contributed by atoms with Crippen molar-refractivity contribution in [2.24, 2.45) is 0 Å². The molecule has 5 nitrogen and oxygen atoms in total. The molecule has 0 spiro atoms. The molecule has 26 heavy (non-hydrogen) atoms. The number of hydrogen-bond acceptors (Lipinski definition) is 4. The Balaban J connectivity index is 1.41. The molecule has 3 aromatic rings. The van der Waals surface area contributed by atoms with E-state index in [1.54, 1.807) is 18.4 Å². The summed E-state index contributed by atoms with van der Waals surface area (Å²) < 4.78 is 17.8. The fourth-order valence-corrected chi connectivity index (χ4v) is 3.12. The van der Waals surface area contributed by atoms with Crippen LogP contribution < -0.4 is 4.74 Å². The molecule has 0 N–H and O–H groups in total. The lowest BCUT2D eigenvalue weighted by atomic mass is 10.3. The van der Waals surface area contributed by atoms with Gasteiger partial charge in [-0.25, -0.2) is 0 Å². The Morgan fingerprint density at radius 3 is 2.77 bits per heavy atom. The fraction of sp³-hybridized carbons (Fsp3) is 0.250. The van der Waals surface area contributed by atoms with E-state index >= 15 is 0 Å². The van der Waals surface area contributed by atoms with E-state index in [1.807, 2.05) is 41.3 Å². The summed E-state index contributed by atoms with van der Waals surface area (Å²) in [5.41, 5.74) is 0. The second-order valence-corrected chi connectivity index (χ2v) is 7.17. The highest BCUT2D eigenvalue weighted by Crippen LogP contribution is 2.30. The predicted molar refractivity (Wildman–Crippen MR) is 98.8 cm³/mol. The maximum atomic E-state index is 12.8. The van der Waals surface area contributed by atoms with E-state index < -0.39 is 0 Å². The van der Waals surface area contributed by atoms with Crippen molar-refractivity contribution in [3.05, 3.63) is 76.5 Å². The van der Waals surface area contributed by atoms with Crippen LogP contribution in [0.4, 0.5) is 0 Å². The van der Waals surface area contributed by atoms with Crippen LogP contribution in [0.2, 0.25) is 0 Å². The quantitative estimate of drug-likeness (QED) is 0.543. The van der Waals surface area contributed by atoms with Gasteiger partial charge in [-0.15, -0.1) is 0 Å². The Morgan fingerprint density at radius 2 is 2.04 bits per heavy atom. The molecule has 0 unspecified atom stereocenters. The molecule has 0 bridgehead atoms. The molecule has 0 aliphatic heterocycles. The second-order valence-electron chi connectivity index (χ2n) is 6.26. The maximum Gasteiger partial charge on any atom is 0.290 e. The molecule has 1 aliphatic carbocycles. The molecule has 2 heterocycles. The first kappa shape index (κ1) is 17.0. The summed E-state index contributed by atoms with van der Waals surface area (Å²) >= 11 is 3.41. The minimum atomic E-state index is -0.113. The molecule has 2 aromatic heterocycles. The molecular weight excluding hydrogens is 398 g/mol. The second kappa shape index (κ2) is 7.41. The average molecular weight is 416 g/mol. The monoisotopic (exact) mass is 415 g/mol. The first-order valence-electron chi connectivity index (χ1n) is 8.49. The van der Waals surface area contributed by atoms with Crippen LogP contribution in [-0.2, 0) is 13.2 Å². The van der Waals surface area contributed by atoms with E-state index in [0.29, 0.717) is 18.1 Å². The van der Waals surface area contributed by atoms with Gasteiger partial charge in [-0.2, -0.15) is 0 Å². The lowest BCUT2D eigenvalue weighted by Crippen LogP contribution is -2.32. The van der Waals surface area contributed by atoms with E-state index in [1.165, 1.54) is 0 Å². The largest absolute Gasteiger partial charge is 0.486 e. The zero-order valence-corrected chi connectivity index (χ0v) is 15.6. The summed E-state index contributed by atoms with van der Waals surface area (Å²) in [4.78, 5) is 14.6. The highest BCUT2D eigenvalue weighted by molar-refractivity contribution is 9.10. The Morgan fingerprint density at radius 1 is 1.15 bits per heavy atom. The molecule has 1 amide bonds. The van der Waals surface area contributed by atoms with Gasteiger partial charge in [0.1, 0.15) is 23.9 Å². The summed E-state index contributed by atoms with van der Waals surface area (Å²) in [6.45, 7) is 0.729. The molecule has 1 saturated carbocycles. The highest BCUT2D eigenvalue weighted by atomic mass is 79.9. The van der Waals surface area contributed by atoms with E-state index in [9.17, 15) is 4.79 Å². The third-order valence-corrected chi connectivity index (χ3v) is 4.70. The van der Waals surface area contributed by atoms with E-state index in [4.69, 9.17) is 13.6 Å². The molecule has 4 rings (SSSR count). The van der Waals surface area contributed by atoms with Gasteiger partial charge in [0.25, 0.3) is 5.91 Å². The van der Waals surface area contributed by atoms with Crippen LogP contribution in [0.15, 0.2) is 68.1 Å². The summed E-state index contributed by atoms with van der Waals surface area (Å²) in [5, 5.41) is 0. The molecule has 0 saturated heterocycles. The van der Waals surface area contributed by atoms with Crippen LogP contribution >= 0.6 is 15.9 Å². The van der Waals surface area contributed by atoms with Gasteiger partial charge in [-0.1, -0.05) is 22.0 Å². The zero-order valence-electron chi connectivity index (χ0n) is 14.1. The van der Waals surface area contributed by atoms with Crippen LogP contribution in [0.25, 0.3) is 0 Å². The molecule has 1 aliphatic rings. The molecule has 0 radical (unpaired) electrons. The average Bonchev–Trinajstić information content (AvgIpc) is 3.15. The lowest BCUT2D eigenvalue weighted by Gasteiger charge is -2.19. The van der Waals surface area contributed by atoms with Gasteiger partial charge in [0.2, 0.25) is 0 Å². The number of halogens is 1. The van der Waals surface area contributed by atoms with Crippen molar-refractivity contribution in [2.75, 3.05) is 0 Å². The lowest BCUT2D eigenvalue weighted by molar-refractivity contribution is 0.0681. The summed E-state index contributed by atoms with van der Waals surface area (Å²) in [5.74, 6) is 2.34. The predicted octanol–water partition coefficient (Wildman–Crippen LogP) is 5.02. The van der Waals surface area contributed by atoms with Crippen molar-refractivity contribution >= 4 is 21.8 Å². The van der Waals surface area contributed by atoms with Crippen LogP contribution in [0.5, 0.6) is 5.75 Å². The van der Waals surface area contributed by atoms with Crippen molar-refractivity contribution in [1.82, 2.24) is 4.90 Å². The number of ether oxygens (including phenoxy) is 1. The van der Waals surface area contributed by atoms with Gasteiger partial charge in [0.15, 0.2) is 5.76 Å². The van der Waals surface area contributed by atoms with Crippen LogP contribution in [-0.4, -0.2) is 16.8 Å². The molecular formula is C20H18BrNO4. The Labute approximate surface area is 159 Å². The number of hydrogen-bond donors (Lipinski definition) is 0. The molecule has 134 valence electrons. The number of benzene rings is 1. The standard InChI is InChI=1S/C20H18BrNO4/c21-14-3-1-4-16(11-14)25-13-18-8-9-19(26-18)20(23)22(15-6-7-15)12-17-5-2-10-24-17/h1-5,8-11,15H,6-7,12-13H2. The van der Waals surface area contributed by atoms with Crippen molar-refractivity contribution in [2.45, 2.75) is 32.0 Å². The Hall–Kier alpha value is -2.47. The first-order chi connectivity index (χ1) is 12.7. The summed E-state index contributed by atoms with van der Waals surface area (Å²) in [7, 11) is 0. The first-order valence-corrected chi connectivity index (χ1v) is 9.29. The smallest absolute Gasteiger partial charge is 0.290 e. The van der Waals surface area contributed by atoms with Crippen LogP contribution in [0.3, 0.4) is 0 Å². The summed E-state index contributed by atoms with van der Waals surface area (Å²) in [6.07, 6.45) is 3.66. The molecule has 6 heteroatoms. The highest BCUT2D eigenvalue weighted by Gasteiger charge is 2.34. The SMILES string of the molecule is O=C(c1ccc(COc2cccc(Br)c2)o1)N(Cc1ccco1)C1CC1. The number of nitrogens with zero attached hydrogens (tertiary/aromatic N) is 1. The Kier molecular flexibility index (Phi) is 4.84. The third-order valence-electron chi connectivity index (χ3n) is 4.20. The van der Waals surface area contributed by atoms with Crippen molar-refractivity contribution in [1.29, 1.82) is 0 Å². The van der Waals surface area contributed by atoms with Gasteiger partial charge >= 0.3 is 0 Å². The zero-order chi connectivity index (χ0) is 17.9.